The number of rotatable bonds is 5. The summed E-state index contributed by atoms with van der Waals surface area (Å²) in [5.74, 6) is -0.884. The van der Waals surface area contributed by atoms with E-state index in [0.717, 1.165) is 9.87 Å². The molecule has 110 valence electrons. The van der Waals surface area contributed by atoms with E-state index in [1.807, 2.05) is 0 Å². The number of carboxylic acid groups (broad SMARTS) is 1. The van der Waals surface area contributed by atoms with Gasteiger partial charge in [-0.2, -0.15) is 4.31 Å². The zero-order valence-electron chi connectivity index (χ0n) is 11.0. The Labute approximate surface area is 122 Å². The Kier molecular flexibility index (Phi) is 4.66. The van der Waals surface area contributed by atoms with Crippen molar-refractivity contribution in [2.75, 3.05) is 11.5 Å². The monoisotopic (exact) mass is 316 g/mol. The molecule has 2 unspecified atom stereocenters. The van der Waals surface area contributed by atoms with Crippen LogP contribution in [0, 0.1) is 0 Å². The number of aliphatic carboxylic acids is 1. The molecule has 2 rings (SSSR count). The first-order chi connectivity index (χ1) is 9.42. The minimum Gasteiger partial charge on any atom is -0.480 e. The fourth-order valence-corrected chi connectivity index (χ4v) is 5.57. The molecule has 0 aliphatic carbocycles. The molecule has 1 aliphatic rings. The molecule has 1 N–H and O–H groups in total. The minimum absolute atomic E-state index is 0.0916. The molecule has 0 aromatic carbocycles. The molecule has 8 heteroatoms. The number of thioether (sulfide) groups is 1. The van der Waals surface area contributed by atoms with Gasteiger partial charge < -0.3 is 5.11 Å². The molecule has 0 saturated carbocycles. The number of sulfonamides is 1. The molecule has 1 saturated heterocycles. The second-order valence-corrected chi connectivity index (χ2v) is 7.88. The molecule has 2 atom stereocenters. The van der Waals surface area contributed by atoms with Gasteiger partial charge in [0.05, 0.1) is 11.1 Å². The van der Waals surface area contributed by atoms with Crippen LogP contribution in [-0.4, -0.2) is 51.7 Å². The van der Waals surface area contributed by atoms with E-state index < -0.39 is 22.0 Å². The number of aromatic nitrogens is 1. The predicted molar refractivity (Wildman–Crippen MR) is 76.9 cm³/mol. The first-order valence-corrected chi connectivity index (χ1v) is 8.82. The fraction of sp³-hybridized carbons (Fsp3) is 0.500. The largest absolute Gasteiger partial charge is 0.480 e. The van der Waals surface area contributed by atoms with Gasteiger partial charge in [0.15, 0.2) is 0 Å². The highest BCUT2D eigenvalue weighted by atomic mass is 32.2. The van der Waals surface area contributed by atoms with Crippen LogP contribution >= 0.6 is 11.8 Å². The normalized spacial score (nSPS) is 23.9. The molecule has 0 spiro atoms. The maximum Gasteiger partial charge on any atom is 0.322 e. The summed E-state index contributed by atoms with van der Waals surface area (Å²) in [6.45, 7) is 1.72. The molecule has 1 aliphatic heterocycles. The third-order valence-electron chi connectivity index (χ3n) is 3.17. The number of hydrogen-bond acceptors (Lipinski definition) is 5. The summed E-state index contributed by atoms with van der Waals surface area (Å²) in [6, 6.07) is 2.55. The van der Waals surface area contributed by atoms with Gasteiger partial charge in [-0.15, -0.1) is 11.8 Å². The van der Waals surface area contributed by atoms with Crippen LogP contribution in [0.25, 0.3) is 0 Å². The van der Waals surface area contributed by atoms with Gasteiger partial charge in [0.2, 0.25) is 10.0 Å². The standard InChI is InChI=1S/C12H16N2O4S2/c1-9-14(11(8-19-9)12(15)16)20(17,18)7-4-10-2-5-13-6-3-10/h2-3,5-6,9,11H,4,7-8H2,1H3,(H,15,16). The van der Waals surface area contributed by atoms with Crippen molar-refractivity contribution in [2.24, 2.45) is 0 Å². The van der Waals surface area contributed by atoms with Crippen LogP contribution in [-0.2, 0) is 21.2 Å². The maximum atomic E-state index is 12.4. The average molecular weight is 316 g/mol. The Bertz CT molecular complexity index is 576. The summed E-state index contributed by atoms with van der Waals surface area (Å²) in [4.78, 5) is 15.0. The Balaban J connectivity index is 2.11. The van der Waals surface area contributed by atoms with Gasteiger partial charge in [-0.05, 0) is 31.0 Å². The Morgan fingerprint density at radius 2 is 2.15 bits per heavy atom. The van der Waals surface area contributed by atoms with E-state index in [2.05, 4.69) is 4.98 Å². The van der Waals surface area contributed by atoms with Crippen molar-refractivity contribution in [3.8, 4) is 0 Å². The molecule has 1 aromatic heterocycles. The van der Waals surface area contributed by atoms with E-state index in [1.54, 1.807) is 31.5 Å². The summed E-state index contributed by atoms with van der Waals surface area (Å²) < 4.78 is 25.9. The van der Waals surface area contributed by atoms with Gasteiger partial charge in [0.25, 0.3) is 0 Å². The first-order valence-electron chi connectivity index (χ1n) is 6.16. The van der Waals surface area contributed by atoms with E-state index >= 15 is 0 Å². The molecule has 0 amide bonds. The van der Waals surface area contributed by atoms with Gasteiger partial charge in [0.1, 0.15) is 6.04 Å². The van der Waals surface area contributed by atoms with Crippen molar-refractivity contribution >= 4 is 27.8 Å². The van der Waals surface area contributed by atoms with Gasteiger partial charge >= 0.3 is 5.97 Å². The molecule has 1 aromatic rings. The van der Waals surface area contributed by atoms with Crippen LogP contribution in [0.5, 0.6) is 0 Å². The zero-order valence-corrected chi connectivity index (χ0v) is 12.6. The molecule has 20 heavy (non-hydrogen) atoms. The van der Waals surface area contributed by atoms with Crippen LogP contribution in [0.15, 0.2) is 24.5 Å². The first kappa shape index (κ1) is 15.3. The van der Waals surface area contributed by atoms with Gasteiger partial charge in [-0.3, -0.25) is 9.78 Å². The van der Waals surface area contributed by atoms with Crippen LogP contribution in [0.2, 0.25) is 0 Å². The highest BCUT2D eigenvalue weighted by Gasteiger charge is 2.43. The van der Waals surface area contributed by atoms with Crippen molar-refractivity contribution in [1.29, 1.82) is 0 Å². The lowest BCUT2D eigenvalue weighted by atomic mass is 10.2. The van der Waals surface area contributed by atoms with Gasteiger partial charge in [0, 0.05) is 18.1 Å². The Morgan fingerprint density at radius 1 is 1.50 bits per heavy atom. The third kappa shape index (κ3) is 3.31. The highest BCUT2D eigenvalue weighted by Crippen LogP contribution is 2.31. The van der Waals surface area contributed by atoms with E-state index in [-0.39, 0.29) is 11.1 Å². The summed E-state index contributed by atoms with van der Waals surface area (Å²) in [7, 11) is -3.59. The summed E-state index contributed by atoms with van der Waals surface area (Å²) >= 11 is 1.35. The number of carbonyl (C=O) groups is 1. The lowest BCUT2D eigenvalue weighted by Gasteiger charge is -2.24. The van der Waals surface area contributed by atoms with E-state index in [4.69, 9.17) is 5.11 Å². The summed E-state index contributed by atoms with van der Waals surface area (Å²) in [5, 5.41) is 8.79. The second kappa shape index (κ2) is 6.11. The summed E-state index contributed by atoms with van der Waals surface area (Å²) in [6.07, 6.45) is 3.57. The lowest BCUT2D eigenvalue weighted by Crippen LogP contribution is -2.45. The Morgan fingerprint density at radius 3 is 2.75 bits per heavy atom. The number of aryl methyl sites for hydroxylation is 1. The number of nitrogens with zero attached hydrogens (tertiary/aromatic N) is 2. The van der Waals surface area contributed by atoms with Crippen LogP contribution in [0.4, 0.5) is 0 Å². The van der Waals surface area contributed by atoms with Gasteiger partial charge in [-0.1, -0.05) is 0 Å². The van der Waals surface area contributed by atoms with E-state index in [1.165, 1.54) is 11.8 Å². The Hall–Kier alpha value is -1.12. The quantitative estimate of drug-likeness (QED) is 0.864. The third-order valence-corrected chi connectivity index (χ3v) is 6.45. The second-order valence-electron chi connectivity index (χ2n) is 4.54. The van der Waals surface area contributed by atoms with Crippen molar-refractivity contribution < 1.29 is 18.3 Å². The van der Waals surface area contributed by atoms with E-state index in [9.17, 15) is 13.2 Å². The number of pyridine rings is 1. The SMILES string of the molecule is CC1SCC(C(=O)O)N1S(=O)(=O)CCc1ccncc1. The van der Waals surface area contributed by atoms with Crippen LogP contribution in [0.1, 0.15) is 12.5 Å². The maximum absolute atomic E-state index is 12.4. The summed E-state index contributed by atoms with van der Waals surface area (Å²) in [5.41, 5.74) is 0.870. The molecular weight excluding hydrogens is 300 g/mol. The van der Waals surface area contributed by atoms with Crippen molar-refractivity contribution in [3.63, 3.8) is 0 Å². The molecular formula is C12H16N2O4S2. The van der Waals surface area contributed by atoms with Crippen molar-refractivity contribution in [3.05, 3.63) is 30.1 Å². The molecule has 0 radical (unpaired) electrons. The topological polar surface area (TPSA) is 87.6 Å². The highest BCUT2D eigenvalue weighted by molar-refractivity contribution is 8.01. The lowest BCUT2D eigenvalue weighted by molar-refractivity contribution is -0.140. The predicted octanol–water partition coefficient (Wildman–Crippen LogP) is 0.802. The molecule has 6 nitrogen and oxygen atoms in total. The zero-order chi connectivity index (χ0) is 14.8. The van der Waals surface area contributed by atoms with Gasteiger partial charge in [-0.25, -0.2) is 8.42 Å². The fourth-order valence-electron chi connectivity index (χ4n) is 2.13. The van der Waals surface area contributed by atoms with Crippen molar-refractivity contribution in [2.45, 2.75) is 24.8 Å². The molecule has 0 bridgehead atoms. The molecule has 1 fully saturated rings. The number of carboxylic acids is 1. The minimum atomic E-state index is -3.59. The average Bonchev–Trinajstić information content (AvgIpc) is 2.81. The van der Waals surface area contributed by atoms with E-state index in [0.29, 0.717) is 12.2 Å². The van der Waals surface area contributed by atoms with Crippen LogP contribution < -0.4 is 0 Å². The molecule has 2 heterocycles. The number of hydrogen-bond donors (Lipinski definition) is 1. The smallest absolute Gasteiger partial charge is 0.322 e. The van der Waals surface area contributed by atoms with Crippen LogP contribution in [0.3, 0.4) is 0 Å². The van der Waals surface area contributed by atoms with Crippen molar-refractivity contribution in [1.82, 2.24) is 9.29 Å².